The highest BCUT2D eigenvalue weighted by Crippen LogP contribution is 2.04. The minimum Gasteiger partial charge on any atom is -0.481 e. The molecule has 34 heavy (non-hydrogen) atoms. The average Bonchev–Trinajstić information content (AvgIpc) is 2.72. The smallest absolute Gasteiger partial charge is 0.326 e. The first-order chi connectivity index (χ1) is 15.8. The number of carbonyl (C=O) groups is 7. The molecule has 0 saturated carbocycles. The Morgan fingerprint density at radius 3 is 1.71 bits per heavy atom. The fourth-order valence-electron chi connectivity index (χ4n) is 2.52. The molecule has 0 saturated heterocycles. The summed E-state index contributed by atoms with van der Waals surface area (Å²) in [5.41, 5.74) is 10.6. The number of hydrogen-bond acceptors (Lipinski definition) is 9. The average molecular weight is 508 g/mol. The molecule has 0 fully saturated rings. The van der Waals surface area contributed by atoms with E-state index in [-0.39, 0.29) is 12.8 Å². The van der Waals surface area contributed by atoms with Crippen LogP contribution >= 0.6 is 11.8 Å². The van der Waals surface area contributed by atoms with Crippen molar-refractivity contribution >= 4 is 53.3 Å². The predicted molar refractivity (Wildman–Crippen MR) is 117 cm³/mol. The van der Waals surface area contributed by atoms with Crippen molar-refractivity contribution in [2.75, 3.05) is 12.0 Å². The summed E-state index contributed by atoms with van der Waals surface area (Å²) in [5, 5.41) is 33.3. The lowest BCUT2D eigenvalue weighted by molar-refractivity contribution is -0.143. The van der Waals surface area contributed by atoms with E-state index in [4.69, 9.17) is 21.7 Å². The molecule has 0 aromatic rings. The second-order valence-electron chi connectivity index (χ2n) is 7.11. The molecule has 0 rings (SSSR count). The second-order valence-corrected chi connectivity index (χ2v) is 8.10. The van der Waals surface area contributed by atoms with Crippen LogP contribution in [0.3, 0.4) is 0 Å². The number of thioether (sulfide) groups is 1. The summed E-state index contributed by atoms with van der Waals surface area (Å²) in [6, 6.07) is -6.09. The summed E-state index contributed by atoms with van der Waals surface area (Å²) in [4.78, 5) is 81.8. The fourth-order valence-corrected chi connectivity index (χ4v) is 2.99. The zero-order valence-electron chi connectivity index (χ0n) is 18.3. The highest BCUT2D eigenvalue weighted by molar-refractivity contribution is 7.98. The SMILES string of the molecule is CSCCC(NC(=O)C(CC(N)=O)NC(=O)C(CC(=O)O)NC(=O)C(N)CCC(=O)O)C(=O)O. The Kier molecular flexibility index (Phi) is 13.9. The Morgan fingerprint density at radius 1 is 0.765 bits per heavy atom. The topological polar surface area (TPSA) is 268 Å². The van der Waals surface area contributed by atoms with Gasteiger partial charge in [0.05, 0.1) is 18.9 Å². The monoisotopic (exact) mass is 507 g/mol. The van der Waals surface area contributed by atoms with Gasteiger partial charge < -0.3 is 42.7 Å². The van der Waals surface area contributed by atoms with Crippen LogP contribution in [0.5, 0.6) is 0 Å². The lowest BCUT2D eigenvalue weighted by atomic mass is 10.1. The second kappa shape index (κ2) is 15.4. The Bertz CT molecular complexity index is 793. The molecule has 0 aliphatic rings. The standard InChI is InChI=1S/C18H29N5O10S/c1-34-5-4-9(18(32)33)21-16(30)10(6-12(20)24)23-17(31)11(7-14(27)28)22-15(29)8(19)2-3-13(25)26/h8-11H,2-7,19H2,1H3,(H2,20,24)(H,21,30)(H,22,29)(H,23,31)(H,25,26)(H,27,28)(H,32,33). The van der Waals surface area contributed by atoms with Crippen molar-refractivity contribution in [3.63, 3.8) is 0 Å². The number of carboxylic acids is 3. The Labute approximate surface area is 198 Å². The largest absolute Gasteiger partial charge is 0.481 e. The molecule has 0 heterocycles. The van der Waals surface area contributed by atoms with E-state index >= 15 is 0 Å². The highest BCUT2D eigenvalue weighted by atomic mass is 32.2. The zero-order valence-corrected chi connectivity index (χ0v) is 19.1. The van der Waals surface area contributed by atoms with E-state index in [1.807, 2.05) is 0 Å². The van der Waals surface area contributed by atoms with Gasteiger partial charge >= 0.3 is 17.9 Å². The zero-order chi connectivity index (χ0) is 26.4. The Balaban J connectivity index is 5.48. The maximum Gasteiger partial charge on any atom is 0.326 e. The third kappa shape index (κ3) is 12.6. The van der Waals surface area contributed by atoms with Crippen molar-refractivity contribution in [2.24, 2.45) is 11.5 Å². The van der Waals surface area contributed by atoms with Crippen LogP contribution < -0.4 is 27.4 Å². The first-order valence-electron chi connectivity index (χ1n) is 9.88. The molecule has 16 heteroatoms. The number of carbonyl (C=O) groups excluding carboxylic acids is 4. The van der Waals surface area contributed by atoms with Gasteiger partial charge in [-0.1, -0.05) is 0 Å². The summed E-state index contributed by atoms with van der Waals surface area (Å²) in [6.45, 7) is 0. The number of primary amides is 1. The molecule has 192 valence electrons. The van der Waals surface area contributed by atoms with Gasteiger partial charge in [0.1, 0.15) is 18.1 Å². The molecule has 15 nitrogen and oxygen atoms in total. The van der Waals surface area contributed by atoms with Crippen molar-refractivity contribution < 1.29 is 48.9 Å². The first kappa shape index (κ1) is 30.6. The highest BCUT2D eigenvalue weighted by Gasteiger charge is 2.32. The Hall–Kier alpha value is -3.40. The fraction of sp³-hybridized carbons (Fsp3) is 0.611. The molecule has 0 bridgehead atoms. The third-order valence-corrected chi connectivity index (χ3v) is 4.93. The maximum atomic E-state index is 12.6. The van der Waals surface area contributed by atoms with Gasteiger partial charge in [-0.05, 0) is 24.9 Å². The number of rotatable bonds is 17. The third-order valence-electron chi connectivity index (χ3n) is 4.28. The lowest BCUT2D eigenvalue weighted by Crippen LogP contribution is -2.58. The molecule has 0 aliphatic carbocycles. The molecule has 10 N–H and O–H groups in total. The van der Waals surface area contributed by atoms with E-state index < -0.39 is 85.0 Å². The molecule has 0 spiro atoms. The van der Waals surface area contributed by atoms with Gasteiger partial charge in [-0.15, -0.1) is 0 Å². The van der Waals surface area contributed by atoms with Crippen LogP contribution in [0.1, 0.15) is 32.1 Å². The van der Waals surface area contributed by atoms with Crippen molar-refractivity contribution in [1.29, 1.82) is 0 Å². The number of amides is 4. The van der Waals surface area contributed by atoms with Gasteiger partial charge in [0.15, 0.2) is 0 Å². The van der Waals surface area contributed by atoms with Crippen LogP contribution in [0.4, 0.5) is 0 Å². The number of nitrogens with one attached hydrogen (secondary N) is 3. The minimum atomic E-state index is -1.74. The molecule has 4 amide bonds. The molecule has 0 aromatic heterocycles. The minimum absolute atomic E-state index is 0.0470. The van der Waals surface area contributed by atoms with Gasteiger partial charge in [0, 0.05) is 6.42 Å². The van der Waals surface area contributed by atoms with E-state index in [0.717, 1.165) is 0 Å². The van der Waals surface area contributed by atoms with Gasteiger partial charge in [0.25, 0.3) is 0 Å². The van der Waals surface area contributed by atoms with E-state index in [0.29, 0.717) is 5.75 Å². The van der Waals surface area contributed by atoms with Crippen LogP contribution in [0, 0.1) is 0 Å². The van der Waals surface area contributed by atoms with Gasteiger partial charge in [-0.3, -0.25) is 28.8 Å². The summed E-state index contributed by atoms with van der Waals surface area (Å²) in [6.07, 6.45) is -0.640. The van der Waals surface area contributed by atoms with Crippen LogP contribution in [-0.2, 0) is 33.6 Å². The normalized spacial score (nSPS) is 14.1. The van der Waals surface area contributed by atoms with E-state index in [1.165, 1.54) is 11.8 Å². The predicted octanol–water partition coefficient (Wildman–Crippen LogP) is -3.18. The molecular formula is C18H29N5O10S. The molecule has 4 unspecified atom stereocenters. The van der Waals surface area contributed by atoms with Crippen molar-refractivity contribution in [3.05, 3.63) is 0 Å². The van der Waals surface area contributed by atoms with Gasteiger partial charge in [-0.25, -0.2) is 4.79 Å². The van der Waals surface area contributed by atoms with E-state index in [2.05, 4.69) is 16.0 Å². The summed E-state index contributed by atoms with van der Waals surface area (Å²) in [5.74, 6) is -7.96. The van der Waals surface area contributed by atoms with Crippen molar-refractivity contribution in [1.82, 2.24) is 16.0 Å². The Morgan fingerprint density at radius 2 is 1.26 bits per heavy atom. The molecule has 0 radical (unpaired) electrons. The number of nitrogens with two attached hydrogens (primary N) is 2. The first-order valence-corrected chi connectivity index (χ1v) is 11.3. The van der Waals surface area contributed by atoms with E-state index in [1.54, 1.807) is 6.26 Å². The molecular weight excluding hydrogens is 478 g/mol. The van der Waals surface area contributed by atoms with Gasteiger partial charge in [-0.2, -0.15) is 11.8 Å². The number of carboxylic acid groups (broad SMARTS) is 3. The van der Waals surface area contributed by atoms with Crippen LogP contribution in [0.2, 0.25) is 0 Å². The van der Waals surface area contributed by atoms with Crippen LogP contribution in [-0.4, -0.2) is 93.0 Å². The van der Waals surface area contributed by atoms with Crippen LogP contribution in [0.15, 0.2) is 0 Å². The maximum absolute atomic E-state index is 12.6. The summed E-state index contributed by atoms with van der Waals surface area (Å²) >= 11 is 1.33. The number of aliphatic carboxylic acids is 3. The summed E-state index contributed by atoms with van der Waals surface area (Å²) < 4.78 is 0. The van der Waals surface area contributed by atoms with Crippen LogP contribution in [0.25, 0.3) is 0 Å². The molecule has 4 atom stereocenters. The quantitative estimate of drug-likeness (QED) is 0.0968. The van der Waals surface area contributed by atoms with Crippen molar-refractivity contribution in [3.8, 4) is 0 Å². The number of hydrogen-bond donors (Lipinski definition) is 8. The lowest BCUT2D eigenvalue weighted by Gasteiger charge is -2.24. The van der Waals surface area contributed by atoms with Crippen molar-refractivity contribution in [2.45, 2.75) is 56.3 Å². The van der Waals surface area contributed by atoms with Gasteiger partial charge in [0.2, 0.25) is 23.6 Å². The molecule has 0 aliphatic heterocycles. The summed E-state index contributed by atoms with van der Waals surface area (Å²) in [7, 11) is 0. The molecule has 0 aromatic carbocycles. The van der Waals surface area contributed by atoms with E-state index in [9.17, 15) is 38.7 Å².